The van der Waals surface area contributed by atoms with E-state index in [1.54, 1.807) is 4.90 Å². The molecular formula is C10H12N4O4. The molecule has 0 radical (unpaired) electrons. The third-order valence-electron chi connectivity index (χ3n) is 2.82. The molecule has 1 aliphatic heterocycles. The number of nitrogens with zero attached hydrogens (tertiary/aromatic N) is 3. The Balaban J connectivity index is 2.52. The highest BCUT2D eigenvalue weighted by Crippen LogP contribution is 2.37. The molecule has 1 N–H and O–H groups in total. The molecule has 18 heavy (non-hydrogen) atoms. The fourth-order valence-electron chi connectivity index (χ4n) is 2.03. The third kappa shape index (κ3) is 2.23. The van der Waals surface area contributed by atoms with Gasteiger partial charge in [0.05, 0.1) is 9.85 Å². The van der Waals surface area contributed by atoms with Gasteiger partial charge < -0.3 is 10.2 Å². The molecule has 0 unspecified atom stereocenters. The average Bonchev–Trinajstić information content (AvgIpc) is 2.38. The predicted molar refractivity (Wildman–Crippen MR) is 64.8 cm³/mol. The van der Waals surface area contributed by atoms with E-state index < -0.39 is 9.85 Å². The molecule has 96 valence electrons. The van der Waals surface area contributed by atoms with Crippen molar-refractivity contribution in [3.8, 4) is 0 Å². The maximum atomic E-state index is 11.0. The molecule has 1 aromatic rings. The number of hydrogen-bond acceptors (Lipinski definition) is 6. The van der Waals surface area contributed by atoms with Crippen molar-refractivity contribution < 1.29 is 9.85 Å². The Kier molecular flexibility index (Phi) is 3.38. The van der Waals surface area contributed by atoms with Gasteiger partial charge in [0.1, 0.15) is 0 Å². The van der Waals surface area contributed by atoms with E-state index in [1.165, 1.54) is 18.2 Å². The summed E-state index contributed by atoms with van der Waals surface area (Å²) >= 11 is 0. The molecule has 2 rings (SSSR count). The number of rotatable bonds is 3. The molecule has 0 spiro atoms. The zero-order valence-corrected chi connectivity index (χ0v) is 9.54. The summed E-state index contributed by atoms with van der Waals surface area (Å²) in [5.41, 5.74) is -0.328. The number of benzene rings is 1. The molecule has 0 bridgehead atoms. The Morgan fingerprint density at radius 3 is 2.00 bits per heavy atom. The first kappa shape index (κ1) is 12.2. The lowest BCUT2D eigenvalue weighted by molar-refractivity contribution is -0.392. The minimum Gasteiger partial charge on any atom is -0.358 e. The smallest absolute Gasteiger partial charge is 0.299 e. The minimum absolute atomic E-state index is 0.106. The van der Waals surface area contributed by atoms with Crippen LogP contribution < -0.4 is 10.2 Å². The number of anilines is 1. The molecular weight excluding hydrogens is 240 g/mol. The van der Waals surface area contributed by atoms with E-state index in [0.717, 1.165) is 0 Å². The van der Waals surface area contributed by atoms with Crippen LogP contribution in [0.4, 0.5) is 17.1 Å². The largest absolute Gasteiger partial charge is 0.358 e. The van der Waals surface area contributed by atoms with Gasteiger partial charge in [-0.1, -0.05) is 0 Å². The van der Waals surface area contributed by atoms with Crippen LogP contribution in [-0.4, -0.2) is 36.0 Å². The van der Waals surface area contributed by atoms with E-state index in [9.17, 15) is 20.2 Å². The standard InChI is InChI=1S/C10H12N4O4/c15-13(16)8-2-1-3-9(14(17)18)10(8)12-6-4-11-5-7-12/h1-3,11H,4-7H2. The van der Waals surface area contributed by atoms with Gasteiger partial charge in [0, 0.05) is 38.3 Å². The molecule has 8 nitrogen and oxygen atoms in total. The second kappa shape index (κ2) is 4.96. The normalized spacial score (nSPS) is 15.4. The number of hydrogen-bond donors (Lipinski definition) is 1. The Hall–Kier alpha value is -2.22. The summed E-state index contributed by atoms with van der Waals surface area (Å²) in [7, 11) is 0. The number of piperazine rings is 1. The van der Waals surface area contributed by atoms with Crippen LogP contribution >= 0.6 is 0 Å². The van der Waals surface area contributed by atoms with Crippen molar-refractivity contribution in [2.45, 2.75) is 0 Å². The van der Waals surface area contributed by atoms with Crippen LogP contribution in [-0.2, 0) is 0 Å². The van der Waals surface area contributed by atoms with Crippen LogP contribution in [0.15, 0.2) is 18.2 Å². The molecule has 1 fully saturated rings. The molecule has 0 saturated carbocycles. The molecule has 1 heterocycles. The van der Waals surface area contributed by atoms with Crippen molar-refractivity contribution in [2.75, 3.05) is 31.1 Å². The van der Waals surface area contributed by atoms with Gasteiger partial charge in [-0.05, 0) is 6.07 Å². The molecule has 0 aromatic heterocycles. The molecule has 0 atom stereocenters. The van der Waals surface area contributed by atoms with E-state index in [2.05, 4.69) is 5.32 Å². The van der Waals surface area contributed by atoms with Crippen molar-refractivity contribution >= 4 is 17.1 Å². The van der Waals surface area contributed by atoms with Crippen molar-refractivity contribution in [3.63, 3.8) is 0 Å². The fraction of sp³-hybridized carbons (Fsp3) is 0.400. The zero-order chi connectivity index (χ0) is 13.1. The van der Waals surface area contributed by atoms with Crippen molar-refractivity contribution in [1.82, 2.24) is 5.32 Å². The summed E-state index contributed by atoms with van der Waals surface area (Å²) in [6.07, 6.45) is 0. The van der Waals surface area contributed by atoms with Crippen molar-refractivity contribution in [1.29, 1.82) is 0 Å². The molecule has 1 saturated heterocycles. The van der Waals surface area contributed by atoms with Gasteiger partial charge in [0.25, 0.3) is 11.4 Å². The highest BCUT2D eigenvalue weighted by atomic mass is 16.6. The van der Waals surface area contributed by atoms with Gasteiger partial charge in [-0.3, -0.25) is 20.2 Å². The van der Waals surface area contributed by atoms with Crippen LogP contribution in [0.5, 0.6) is 0 Å². The van der Waals surface area contributed by atoms with Crippen molar-refractivity contribution in [3.05, 3.63) is 38.4 Å². The summed E-state index contributed by atoms with van der Waals surface area (Å²) in [5, 5.41) is 25.1. The summed E-state index contributed by atoms with van der Waals surface area (Å²) in [6, 6.07) is 3.93. The number of para-hydroxylation sites is 1. The maximum Gasteiger partial charge on any atom is 0.299 e. The van der Waals surface area contributed by atoms with Gasteiger partial charge in [0.15, 0.2) is 5.69 Å². The SMILES string of the molecule is O=[N+]([O-])c1cccc([N+](=O)[O-])c1N1CCNCC1. The van der Waals surface area contributed by atoms with E-state index in [0.29, 0.717) is 26.2 Å². The van der Waals surface area contributed by atoms with Gasteiger partial charge in [-0.2, -0.15) is 0 Å². The van der Waals surface area contributed by atoms with Gasteiger partial charge in [-0.25, -0.2) is 0 Å². The maximum absolute atomic E-state index is 11.0. The lowest BCUT2D eigenvalue weighted by atomic mass is 10.2. The Morgan fingerprint density at radius 1 is 1.06 bits per heavy atom. The Bertz CT molecular complexity index is 453. The molecule has 0 aliphatic carbocycles. The van der Waals surface area contributed by atoms with Gasteiger partial charge in [-0.15, -0.1) is 0 Å². The number of nitro groups is 2. The first-order valence-corrected chi connectivity index (χ1v) is 5.48. The van der Waals surface area contributed by atoms with Crippen LogP contribution in [0.2, 0.25) is 0 Å². The molecule has 1 aliphatic rings. The minimum atomic E-state index is -0.579. The predicted octanol–water partition coefficient (Wildman–Crippen LogP) is 0.913. The zero-order valence-electron chi connectivity index (χ0n) is 9.54. The lowest BCUT2D eigenvalue weighted by Gasteiger charge is -2.28. The Morgan fingerprint density at radius 2 is 1.56 bits per heavy atom. The van der Waals surface area contributed by atoms with E-state index in [4.69, 9.17) is 0 Å². The second-order valence-corrected chi connectivity index (χ2v) is 3.90. The van der Waals surface area contributed by atoms with E-state index in [1.807, 2.05) is 0 Å². The Labute approximate surface area is 103 Å². The number of nitro benzene ring substituents is 2. The lowest BCUT2D eigenvalue weighted by Crippen LogP contribution is -2.44. The molecule has 1 aromatic carbocycles. The van der Waals surface area contributed by atoms with Crippen molar-refractivity contribution in [2.24, 2.45) is 0 Å². The first-order chi connectivity index (χ1) is 8.61. The second-order valence-electron chi connectivity index (χ2n) is 3.90. The topological polar surface area (TPSA) is 102 Å². The fourth-order valence-corrected chi connectivity index (χ4v) is 2.03. The van der Waals surface area contributed by atoms with Crippen LogP contribution in [0.25, 0.3) is 0 Å². The highest BCUT2D eigenvalue weighted by Gasteiger charge is 2.29. The molecule has 8 heteroatoms. The van der Waals surface area contributed by atoms with Gasteiger partial charge in [0.2, 0.25) is 0 Å². The summed E-state index contributed by atoms with van der Waals surface area (Å²) in [4.78, 5) is 22.5. The average molecular weight is 252 g/mol. The number of nitrogens with one attached hydrogen (secondary N) is 1. The van der Waals surface area contributed by atoms with E-state index in [-0.39, 0.29) is 17.1 Å². The monoisotopic (exact) mass is 252 g/mol. The summed E-state index contributed by atoms with van der Waals surface area (Å²) in [6.45, 7) is 2.35. The third-order valence-corrected chi connectivity index (χ3v) is 2.82. The first-order valence-electron chi connectivity index (χ1n) is 5.48. The van der Waals surface area contributed by atoms with E-state index >= 15 is 0 Å². The molecule has 0 amide bonds. The summed E-state index contributed by atoms with van der Waals surface area (Å²) in [5.74, 6) is 0. The highest BCUT2D eigenvalue weighted by molar-refractivity contribution is 5.75. The quantitative estimate of drug-likeness (QED) is 0.633. The van der Waals surface area contributed by atoms with Crippen LogP contribution in [0.1, 0.15) is 0 Å². The van der Waals surface area contributed by atoms with Crippen LogP contribution in [0, 0.1) is 20.2 Å². The summed E-state index contributed by atoms with van der Waals surface area (Å²) < 4.78 is 0. The van der Waals surface area contributed by atoms with Gasteiger partial charge >= 0.3 is 0 Å². The van der Waals surface area contributed by atoms with Crippen LogP contribution in [0.3, 0.4) is 0 Å².